The fraction of sp³-hybridized carbons (Fsp3) is 0.783. The van der Waals surface area contributed by atoms with Gasteiger partial charge < -0.3 is 40.3 Å². The second-order valence-corrected chi connectivity index (χ2v) is 22.5. The average Bonchev–Trinajstić information content (AvgIpc) is 3.45. The van der Waals surface area contributed by atoms with E-state index >= 15 is 0 Å². The van der Waals surface area contributed by atoms with Crippen LogP contribution in [-0.2, 0) is 14.3 Å². The summed E-state index contributed by atoms with van der Waals surface area (Å²) in [5.41, 5.74) is 0. The molecule has 1 aliphatic rings. The molecule has 7 unspecified atom stereocenters. The summed E-state index contributed by atoms with van der Waals surface area (Å²) < 4.78 is 11.3. The zero-order chi connectivity index (χ0) is 56.5. The third-order valence-electron chi connectivity index (χ3n) is 15.2. The Kier molecular flexibility index (Phi) is 54.2. The van der Waals surface area contributed by atoms with Crippen LogP contribution >= 0.6 is 0 Å². The van der Waals surface area contributed by atoms with Crippen LogP contribution in [0.25, 0.3) is 0 Å². The highest BCUT2D eigenvalue weighted by Crippen LogP contribution is 2.23. The van der Waals surface area contributed by atoms with E-state index in [-0.39, 0.29) is 12.5 Å². The molecule has 1 aliphatic heterocycles. The van der Waals surface area contributed by atoms with E-state index in [2.05, 4.69) is 92.1 Å². The van der Waals surface area contributed by atoms with E-state index in [1.807, 2.05) is 6.08 Å². The predicted molar refractivity (Wildman–Crippen MR) is 332 cm³/mol. The summed E-state index contributed by atoms with van der Waals surface area (Å²) in [6.45, 7) is 3.69. The van der Waals surface area contributed by atoms with Crippen LogP contribution in [0.3, 0.4) is 0 Å². The van der Waals surface area contributed by atoms with Crippen LogP contribution in [0.5, 0.6) is 0 Å². The largest absolute Gasteiger partial charge is 0.394 e. The summed E-state index contributed by atoms with van der Waals surface area (Å²) in [5, 5.41) is 54.7. The Morgan fingerprint density at radius 1 is 0.449 bits per heavy atom. The highest BCUT2D eigenvalue weighted by Gasteiger charge is 2.44. The number of hydrogen-bond donors (Lipinski definition) is 6. The van der Waals surface area contributed by atoms with Gasteiger partial charge in [-0.05, 0) is 70.6 Å². The molecule has 0 aliphatic carbocycles. The van der Waals surface area contributed by atoms with Gasteiger partial charge in [-0.15, -0.1) is 0 Å². The van der Waals surface area contributed by atoms with Gasteiger partial charge in [-0.2, -0.15) is 0 Å². The Balaban J connectivity index is 2.19. The zero-order valence-corrected chi connectivity index (χ0v) is 50.4. The molecule has 9 nitrogen and oxygen atoms in total. The molecular formula is C69H123NO8. The lowest BCUT2D eigenvalue weighted by Gasteiger charge is -2.40. The van der Waals surface area contributed by atoms with Crippen molar-refractivity contribution in [1.29, 1.82) is 0 Å². The minimum atomic E-state index is -1.57. The Morgan fingerprint density at radius 3 is 1.18 bits per heavy atom. The number of aliphatic hydroxyl groups is 5. The molecule has 0 aromatic rings. The maximum atomic E-state index is 13.1. The maximum Gasteiger partial charge on any atom is 0.220 e. The number of nitrogens with one attached hydrogen (secondary N) is 1. The lowest BCUT2D eigenvalue weighted by molar-refractivity contribution is -0.302. The van der Waals surface area contributed by atoms with Crippen LogP contribution in [0.2, 0.25) is 0 Å². The predicted octanol–water partition coefficient (Wildman–Crippen LogP) is 17.4. The molecular weight excluding hydrogens is 971 g/mol. The van der Waals surface area contributed by atoms with Crippen LogP contribution in [0.15, 0.2) is 85.1 Å². The Labute approximate surface area is 480 Å². The van der Waals surface area contributed by atoms with Crippen molar-refractivity contribution in [1.82, 2.24) is 5.32 Å². The Bertz CT molecular complexity index is 1500. The summed E-state index contributed by atoms with van der Waals surface area (Å²) in [4.78, 5) is 13.1. The second kappa shape index (κ2) is 57.6. The molecule has 1 heterocycles. The van der Waals surface area contributed by atoms with Gasteiger partial charge in [0.15, 0.2) is 6.29 Å². The molecule has 1 amide bonds. The third kappa shape index (κ3) is 46.0. The number of ether oxygens (including phenoxy) is 2. The van der Waals surface area contributed by atoms with Gasteiger partial charge >= 0.3 is 0 Å². The molecule has 1 rings (SSSR count). The van der Waals surface area contributed by atoms with Crippen molar-refractivity contribution in [3.05, 3.63) is 85.1 Å². The van der Waals surface area contributed by atoms with Gasteiger partial charge in [-0.3, -0.25) is 4.79 Å². The average molecular weight is 1090 g/mol. The smallest absolute Gasteiger partial charge is 0.220 e. The van der Waals surface area contributed by atoms with Crippen molar-refractivity contribution in [2.24, 2.45) is 0 Å². The summed E-state index contributed by atoms with van der Waals surface area (Å²) in [7, 11) is 0. The number of rotatable bonds is 56. The lowest BCUT2D eigenvalue weighted by atomic mass is 9.99. The first-order chi connectivity index (χ1) is 38.3. The van der Waals surface area contributed by atoms with Crippen molar-refractivity contribution >= 4 is 5.91 Å². The van der Waals surface area contributed by atoms with E-state index in [0.717, 1.165) is 89.9 Å². The summed E-state index contributed by atoms with van der Waals surface area (Å²) >= 11 is 0. The quantitative estimate of drug-likeness (QED) is 0.0261. The van der Waals surface area contributed by atoms with Gasteiger partial charge in [-0.25, -0.2) is 0 Å². The molecule has 6 N–H and O–H groups in total. The molecule has 7 atom stereocenters. The first-order valence-electron chi connectivity index (χ1n) is 32.8. The van der Waals surface area contributed by atoms with E-state index in [1.165, 1.54) is 180 Å². The first-order valence-corrected chi connectivity index (χ1v) is 32.8. The van der Waals surface area contributed by atoms with Gasteiger partial charge in [-0.1, -0.05) is 298 Å². The number of hydrogen-bond acceptors (Lipinski definition) is 8. The maximum absolute atomic E-state index is 13.1. The highest BCUT2D eigenvalue weighted by atomic mass is 16.7. The van der Waals surface area contributed by atoms with E-state index in [1.54, 1.807) is 6.08 Å². The van der Waals surface area contributed by atoms with E-state index < -0.39 is 49.5 Å². The molecule has 0 aromatic carbocycles. The van der Waals surface area contributed by atoms with Gasteiger partial charge in [0.25, 0.3) is 0 Å². The molecule has 9 heteroatoms. The number of aliphatic hydroxyl groups excluding tert-OH is 5. The van der Waals surface area contributed by atoms with Crippen LogP contribution in [0, 0.1) is 0 Å². The Hall–Kier alpha value is -2.63. The number of unbranched alkanes of at least 4 members (excludes halogenated alkanes) is 34. The topological polar surface area (TPSA) is 149 Å². The van der Waals surface area contributed by atoms with Crippen LogP contribution in [0.4, 0.5) is 0 Å². The molecule has 1 saturated heterocycles. The molecule has 452 valence electrons. The van der Waals surface area contributed by atoms with E-state index in [4.69, 9.17) is 9.47 Å². The Morgan fingerprint density at radius 2 is 0.795 bits per heavy atom. The van der Waals surface area contributed by atoms with E-state index in [0.29, 0.717) is 6.42 Å². The van der Waals surface area contributed by atoms with Crippen molar-refractivity contribution in [2.75, 3.05) is 13.2 Å². The monoisotopic (exact) mass is 1090 g/mol. The van der Waals surface area contributed by atoms with Gasteiger partial charge in [0.1, 0.15) is 24.4 Å². The number of carbonyl (C=O) groups excluding carboxylic acids is 1. The van der Waals surface area contributed by atoms with Crippen molar-refractivity contribution in [3.8, 4) is 0 Å². The minimum Gasteiger partial charge on any atom is -0.394 e. The van der Waals surface area contributed by atoms with Crippen molar-refractivity contribution in [3.63, 3.8) is 0 Å². The number of carbonyl (C=O) groups is 1. The highest BCUT2D eigenvalue weighted by molar-refractivity contribution is 5.76. The number of amides is 1. The molecule has 78 heavy (non-hydrogen) atoms. The van der Waals surface area contributed by atoms with Crippen molar-refractivity contribution in [2.45, 2.75) is 333 Å². The van der Waals surface area contributed by atoms with E-state index in [9.17, 15) is 30.3 Å². The molecule has 0 saturated carbocycles. The zero-order valence-electron chi connectivity index (χ0n) is 50.4. The lowest BCUT2D eigenvalue weighted by Crippen LogP contribution is -2.60. The summed E-state index contributed by atoms with van der Waals surface area (Å²) in [6.07, 6.45) is 75.2. The minimum absolute atomic E-state index is 0.186. The summed E-state index contributed by atoms with van der Waals surface area (Å²) in [5.74, 6) is -0.186. The number of allylic oxidation sites excluding steroid dienone is 13. The van der Waals surface area contributed by atoms with Gasteiger partial charge in [0, 0.05) is 6.42 Å². The molecule has 1 fully saturated rings. The fourth-order valence-electron chi connectivity index (χ4n) is 10.1. The molecule has 0 bridgehead atoms. The standard InChI is InChI=1S/C69H123NO8/c1-3-5-7-9-11-13-15-17-19-21-23-25-27-29-31-33-34-36-38-40-42-44-46-48-50-52-54-56-58-63(72)62(61-77-69-68(76)67(75)66(74)64(60-71)78-69)70-65(73)59-57-55-53-51-49-47-45-43-41-39-37-35-32-30-28-26-24-22-20-18-16-14-12-10-8-6-4-2/h6,8,12,14,18,20,24,26,30,32,37,39,56,58,62-64,66-69,71-72,74-76H,3-5,7,9-11,13,15-17,19,21-23,25,27-29,31,33-36,38,40-55,57,59-61H2,1-2H3,(H,70,73)/b8-6-,14-12-,20-18-,26-24-,32-30-,39-37-,58-56+. The fourth-order valence-corrected chi connectivity index (χ4v) is 10.1. The first kappa shape index (κ1) is 73.4. The summed E-state index contributed by atoms with van der Waals surface area (Å²) in [6, 6.07) is -0.817. The van der Waals surface area contributed by atoms with Crippen LogP contribution in [-0.4, -0.2) is 87.5 Å². The third-order valence-corrected chi connectivity index (χ3v) is 15.2. The normalized spacial score (nSPS) is 19.2. The molecule has 0 spiro atoms. The molecule has 0 radical (unpaired) electrons. The SMILES string of the molecule is CC/C=C\C/C=C\C/C=C\C/C=C\C/C=C\C/C=C\CCCCCCCCCCC(=O)NC(COC1OC(CO)C(O)C(O)C1O)C(O)/C=C/CCCCCCCCCCCCCCCCCCCCCCCCCCCC. The second-order valence-electron chi connectivity index (χ2n) is 22.5. The van der Waals surface area contributed by atoms with Crippen molar-refractivity contribution < 1.29 is 39.8 Å². The molecule has 0 aromatic heterocycles. The van der Waals surface area contributed by atoms with Crippen LogP contribution < -0.4 is 5.32 Å². The van der Waals surface area contributed by atoms with Gasteiger partial charge in [0.05, 0.1) is 25.4 Å². The van der Waals surface area contributed by atoms with Crippen LogP contribution in [0.1, 0.15) is 290 Å². The van der Waals surface area contributed by atoms with Gasteiger partial charge in [0.2, 0.25) is 5.91 Å².